The van der Waals surface area contributed by atoms with E-state index in [-0.39, 0.29) is 18.1 Å². The van der Waals surface area contributed by atoms with Crippen molar-refractivity contribution >= 4 is 10.9 Å². The third-order valence-corrected chi connectivity index (χ3v) is 3.99. The second kappa shape index (κ2) is 5.99. The minimum atomic E-state index is -0.348. The Balaban J connectivity index is 1.97. The van der Waals surface area contributed by atoms with E-state index in [1.807, 2.05) is 37.3 Å². The third kappa shape index (κ3) is 2.62. The normalized spacial score (nSPS) is 11.1. The molecule has 0 radical (unpaired) electrons. The van der Waals surface area contributed by atoms with E-state index in [1.165, 1.54) is 4.57 Å². The number of benzene rings is 1. The van der Waals surface area contributed by atoms with Crippen LogP contribution < -0.4 is 5.56 Å². The zero-order chi connectivity index (χ0) is 17.4. The maximum absolute atomic E-state index is 12.8. The Morgan fingerprint density at radius 3 is 2.72 bits per heavy atom. The molecule has 25 heavy (non-hydrogen) atoms. The van der Waals surface area contributed by atoms with Crippen molar-refractivity contribution in [2.24, 2.45) is 0 Å². The molecule has 0 saturated heterocycles. The molecule has 0 aliphatic heterocycles. The lowest BCUT2D eigenvalue weighted by atomic mass is 10.1. The van der Waals surface area contributed by atoms with E-state index in [9.17, 15) is 9.90 Å². The number of hydrogen-bond acceptors (Lipinski definition) is 5. The summed E-state index contributed by atoms with van der Waals surface area (Å²) in [6.45, 7) is 1.64. The van der Waals surface area contributed by atoms with Crippen LogP contribution in [-0.2, 0) is 6.61 Å². The van der Waals surface area contributed by atoms with Crippen molar-refractivity contribution in [1.29, 1.82) is 0 Å². The molecular formula is C19H15N3O3. The molecule has 6 nitrogen and oxygen atoms in total. The molecule has 3 heterocycles. The highest BCUT2D eigenvalue weighted by Crippen LogP contribution is 2.28. The van der Waals surface area contributed by atoms with Crippen LogP contribution in [0.2, 0.25) is 0 Å². The quantitative estimate of drug-likeness (QED) is 0.623. The van der Waals surface area contributed by atoms with Crippen LogP contribution in [0, 0.1) is 6.92 Å². The van der Waals surface area contributed by atoms with Crippen LogP contribution in [0.25, 0.3) is 28.0 Å². The van der Waals surface area contributed by atoms with Crippen molar-refractivity contribution in [3.63, 3.8) is 0 Å². The fraction of sp³-hybridized carbons (Fsp3) is 0.105. The van der Waals surface area contributed by atoms with E-state index in [0.717, 1.165) is 16.5 Å². The van der Waals surface area contributed by atoms with E-state index in [0.29, 0.717) is 17.1 Å². The SMILES string of the molecule is Cc1ccc(-c2oc(CO)nc2-n2ccc3cccnc3c2=O)cc1. The Labute approximate surface area is 143 Å². The lowest BCUT2D eigenvalue weighted by Crippen LogP contribution is -2.19. The summed E-state index contributed by atoms with van der Waals surface area (Å²) in [6.07, 6.45) is 3.22. The van der Waals surface area contributed by atoms with E-state index in [4.69, 9.17) is 4.42 Å². The standard InChI is InChI=1S/C19H15N3O3/c1-12-4-6-14(7-5-12)17-18(21-15(11-23)25-17)22-10-8-13-3-2-9-20-16(13)19(22)24/h2-10,23H,11H2,1H3. The van der Waals surface area contributed by atoms with Crippen molar-refractivity contribution in [2.45, 2.75) is 13.5 Å². The van der Waals surface area contributed by atoms with E-state index < -0.39 is 0 Å². The summed E-state index contributed by atoms with van der Waals surface area (Å²) in [5.74, 6) is 0.922. The lowest BCUT2D eigenvalue weighted by Gasteiger charge is -2.06. The summed E-state index contributed by atoms with van der Waals surface area (Å²) in [7, 11) is 0. The molecule has 1 N–H and O–H groups in total. The molecule has 0 aliphatic rings. The number of fused-ring (bicyclic) bond motifs is 1. The smallest absolute Gasteiger partial charge is 0.282 e. The van der Waals surface area contributed by atoms with Crippen molar-refractivity contribution in [2.75, 3.05) is 0 Å². The molecule has 0 amide bonds. The lowest BCUT2D eigenvalue weighted by molar-refractivity contribution is 0.241. The van der Waals surface area contributed by atoms with Gasteiger partial charge in [0.25, 0.3) is 5.56 Å². The van der Waals surface area contributed by atoms with Gasteiger partial charge in [0.1, 0.15) is 12.1 Å². The molecule has 124 valence electrons. The molecule has 3 aromatic heterocycles. The van der Waals surface area contributed by atoms with Gasteiger partial charge in [-0.15, -0.1) is 0 Å². The van der Waals surface area contributed by atoms with Gasteiger partial charge in [0.15, 0.2) is 11.6 Å². The van der Waals surface area contributed by atoms with E-state index in [1.54, 1.807) is 24.5 Å². The number of aromatic nitrogens is 3. The molecule has 4 rings (SSSR count). The first-order valence-corrected chi connectivity index (χ1v) is 7.82. The molecule has 0 aliphatic carbocycles. The number of aryl methyl sites for hydroxylation is 1. The molecule has 4 aromatic rings. The molecule has 0 spiro atoms. The van der Waals surface area contributed by atoms with Crippen molar-refractivity contribution in [1.82, 2.24) is 14.5 Å². The molecule has 0 atom stereocenters. The summed E-state index contributed by atoms with van der Waals surface area (Å²) in [6, 6.07) is 13.1. The van der Waals surface area contributed by atoms with Gasteiger partial charge in [0.2, 0.25) is 5.89 Å². The minimum Gasteiger partial charge on any atom is -0.436 e. The number of oxazole rings is 1. The summed E-state index contributed by atoms with van der Waals surface area (Å²) in [5.41, 5.74) is 1.96. The highest BCUT2D eigenvalue weighted by atomic mass is 16.4. The molecule has 0 saturated carbocycles. The average molecular weight is 333 g/mol. The van der Waals surface area contributed by atoms with E-state index >= 15 is 0 Å². The molecule has 0 fully saturated rings. The van der Waals surface area contributed by atoms with Gasteiger partial charge in [0.05, 0.1) is 0 Å². The fourth-order valence-corrected chi connectivity index (χ4v) is 2.71. The summed E-state index contributed by atoms with van der Waals surface area (Å²) >= 11 is 0. The Morgan fingerprint density at radius 1 is 1.16 bits per heavy atom. The third-order valence-electron chi connectivity index (χ3n) is 3.99. The van der Waals surface area contributed by atoms with Crippen molar-refractivity contribution in [3.05, 3.63) is 76.7 Å². The zero-order valence-corrected chi connectivity index (χ0v) is 13.5. The number of pyridine rings is 2. The molecule has 1 aromatic carbocycles. The first-order chi connectivity index (χ1) is 12.2. The molecule has 0 unspecified atom stereocenters. The van der Waals surface area contributed by atoms with Gasteiger partial charge in [-0.1, -0.05) is 35.9 Å². The number of aliphatic hydroxyl groups is 1. The Morgan fingerprint density at radius 2 is 1.96 bits per heavy atom. The van der Waals surface area contributed by atoms with Gasteiger partial charge in [-0.3, -0.25) is 14.3 Å². The monoisotopic (exact) mass is 333 g/mol. The van der Waals surface area contributed by atoms with Gasteiger partial charge in [-0.2, -0.15) is 4.98 Å². The maximum atomic E-state index is 12.8. The van der Waals surface area contributed by atoms with Crippen LogP contribution in [0.15, 0.2) is 64.1 Å². The van der Waals surface area contributed by atoms with Crippen LogP contribution in [0.5, 0.6) is 0 Å². The second-order valence-electron chi connectivity index (χ2n) is 5.72. The maximum Gasteiger partial charge on any atom is 0.282 e. The predicted molar refractivity (Wildman–Crippen MR) is 93.5 cm³/mol. The average Bonchev–Trinajstić information content (AvgIpc) is 3.07. The molecular weight excluding hydrogens is 318 g/mol. The Kier molecular flexibility index (Phi) is 3.66. The first-order valence-electron chi connectivity index (χ1n) is 7.82. The van der Waals surface area contributed by atoms with Gasteiger partial charge in [0, 0.05) is 23.3 Å². The highest BCUT2D eigenvalue weighted by Gasteiger charge is 2.18. The van der Waals surface area contributed by atoms with Crippen LogP contribution >= 0.6 is 0 Å². The van der Waals surface area contributed by atoms with Crippen LogP contribution in [0.3, 0.4) is 0 Å². The fourth-order valence-electron chi connectivity index (χ4n) is 2.71. The zero-order valence-electron chi connectivity index (χ0n) is 13.5. The minimum absolute atomic E-state index is 0.151. The Bertz CT molecular complexity index is 1110. The van der Waals surface area contributed by atoms with Gasteiger partial charge in [-0.05, 0) is 19.1 Å². The Hall–Kier alpha value is -3.25. The summed E-state index contributed by atoms with van der Waals surface area (Å²) < 4.78 is 7.07. The summed E-state index contributed by atoms with van der Waals surface area (Å²) in [4.78, 5) is 21.3. The number of aliphatic hydroxyl groups excluding tert-OH is 1. The van der Waals surface area contributed by atoms with Gasteiger partial charge < -0.3 is 9.52 Å². The van der Waals surface area contributed by atoms with E-state index in [2.05, 4.69) is 9.97 Å². The predicted octanol–water partition coefficient (Wildman–Crippen LogP) is 2.84. The second-order valence-corrected chi connectivity index (χ2v) is 5.72. The number of rotatable bonds is 3. The molecule has 0 bridgehead atoms. The van der Waals surface area contributed by atoms with Crippen LogP contribution in [0.4, 0.5) is 0 Å². The van der Waals surface area contributed by atoms with Gasteiger partial charge in [-0.25, -0.2) is 0 Å². The van der Waals surface area contributed by atoms with Crippen LogP contribution in [0.1, 0.15) is 11.5 Å². The van der Waals surface area contributed by atoms with Crippen molar-refractivity contribution < 1.29 is 9.52 Å². The van der Waals surface area contributed by atoms with Crippen molar-refractivity contribution in [3.8, 4) is 17.1 Å². The largest absolute Gasteiger partial charge is 0.436 e. The first kappa shape index (κ1) is 15.3. The number of hydrogen-bond donors (Lipinski definition) is 1. The number of nitrogens with zero attached hydrogens (tertiary/aromatic N) is 3. The molecule has 6 heteroatoms. The summed E-state index contributed by atoms with van der Waals surface area (Å²) in [5, 5.41) is 10.2. The topological polar surface area (TPSA) is 81.2 Å². The highest BCUT2D eigenvalue weighted by molar-refractivity contribution is 5.77. The van der Waals surface area contributed by atoms with Crippen LogP contribution in [-0.4, -0.2) is 19.6 Å². The van der Waals surface area contributed by atoms with Gasteiger partial charge >= 0.3 is 0 Å².